The summed E-state index contributed by atoms with van der Waals surface area (Å²) in [4.78, 5) is 27.3. The van der Waals surface area contributed by atoms with Crippen LogP contribution in [-0.2, 0) is 16.0 Å². The molecular weight excluding hydrogens is 328 g/mol. The number of hydrogen-bond acceptors (Lipinski definition) is 3. The lowest BCUT2D eigenvalue weighted by Gasteiger charge is -2.34. The molecule has 2 heterocycles. The monoisotopic (exact) mass is 350 g/mol. The molecule has 2 aromatic rings. The van der Waals surface area contributed by atoms with E-state index >= 15 is 0 Å². The van der Waals surface area contributed by atoms with Crippen LogP contribution in [0, 0.1) is 5.92 Å². The van der Waals surface area contributed by atoms with Gasteiger partial charge in [0.15, 0.2) is 0 Å². The second-order valence-electron chi connectivity index (χ2n) is 6.83. The average molecular weight is 350 g/mol. The maximum atomic E-state index is 13.3. The van der Waals surface area contributed by atoms with E-state index in [0.717, 1.165) is 16.9 Å². The second-order valence-corrected chi connectivity index (χ2v) is 6.83. The molecule has 1 N–H and O–H groups in total. The van der Waals surface area contributed by atoms with E-state index in [0.29, 0.717) is 32.5 Å². The molecule has 0 bridgehead atoms. The Morgan fingerprint density at radius 3 is 2.65 bits per heavy atom. The molecule has 1 fully saturated rings. The maximum absolute atomic E-state index is 13.3. The van der Waals surface area contributed by atoms with Crippen LogP contribution >= 0.6 is 0 Å². The molecule has 134 valence electrons. The molecule has 1 saturated heterocycles. The maximum Gasteiger partial charge on any atom is 0.230 e. The van der Waals surface area contributed by atoms with Gasteiger partial charge in [-0.15, -0.1) is 0 Å². The van der Waals surface area contributed by atoms with Gasteiger partial charge >= 0.3 is 0 Å². The highest BCUT2D eigenvalue weighted by molar-refractivity contribution is 5.83. The van der Waals surface area contributed by atoms with Gasteiger partial charge in [-0.2, -0.15) is 0 Å². The third-order valence-corrected chi connectivity index (χ3v) is 5.13. The highest BCUT2D eigenvalue weighted by atomic mass is 16.5. The van der Waals surface area contributed by atoms with Crippen LogP contribution in [0.4, 0.5) is 0 Å². The minimum Gasteiger partial charge on any atom is -0.492 e. The standard InChI is InChI=1S/C21H22N2O3/c24-20-13-18(15-6-2-1-3-7-15)23(11-10-22-20)21(25)17-12-16-8-4-5-9-19(16)26-14-17/h1-9,17-18H,10-14H2,(H,22,24). The van der Waals surface area contributed by atoms with Crippen LogP contribution in [0.5, 0.6) is 5.75 Å². The fourth-order valence-corrected chi connectivity index (χ4v) is 3.79. The molecule has 0 aliphatic carbocycles. The van der Waals surface area contributed by atoms with Crippen LogP contribution in [-0.4, -0.2) is 36.4 Å². The lowest BCUT2D eigenvalue weighted by Crippen LogP contribution is -2.43. The van der Waals surface area contributed by atoms with Gasteiger partial charge in [0, 0.05) is 13.1 Å². The number of fused-ring (bicyclic) bond motifs is 1. The number of amides is 2. The molecule has 2 unspecified atom stereocenters. The zero-order chi connectivity index (χ0) is 17.9. The van der Waals surface area contributed by atoms with E-state index < -0.39 is 0 Å². The van der Waals surface area contributed by atoms with Crippen LogP contribution in [0.1, 0.15) is 23.6 Å². The summed E-state index contributed by atoms with van der Waals surface area (Å²) in [7, 11) is 0. The summed E-state index contributed by atoms with van der Waals surface area (Å²) < 4.78 is 5.81. The molecular formula is C21H22N2O3. The summed E-state index contributed by atoms with van der Waals surface area (Å²) in [6.07, 6.45) is 0.967. The number of benzene rings is 2. The van der Waals surface area contributed by atoms with Gasteiger partial charge < -0.3 is 15.0 Å². The zero-order valence-corrected chi connectivity index (χ0v) is 14.6. The van der Waals surface area contributed by atoms with Crippen molar-refractivity contribution < 1.29 is 14.3 Å². The van der Waals surface area contributed by atoms with Gasteiger partial charge in [0.25, 0.3) is 0 Å². The van der Waals surface area contributed by atoms with Crippen molar-refractivity contribution >= 4 is 11.8 Å². The number of carbonyl (C=O) groups is 2. The Kier molecular flexibility index (Phi) is 4.61. The molecule has 2 aliphatic heterocycles. The van der Waals surface area contributed by atoms with Crippen molar-refractivity contribution in [1.29, 1.82) is 0 Å². The SMILES string of the molecule is O=C1CC(c2ccccc2)N(C(=O)C2COc3ccccc3C2)CCN1. The van der Waals surface area contributed by atoms with E-state index in [1.807, 2.05) is 59.5 Å². The molecule has 5 nitrogen and oxygen atoms in total. The van der Waals surface area contributed by atoms with Crippen molar-refractivity contribution in [2.45, 2.75) is 18.9 Å². The van der Waals surface area contributed by atoms with E-state index in [1.54, 1.807) is 0 Å². The highest BCUT2D eigenvalue weighted by Crippen LogP contribution is 2.31. The molecule has 2 aliphatic rings. The van der Waals surface area contributed by atoms with E-state index in [2.05, 4.69) is 5.32 Å². The minimum atomic E-state index is -0.233. The van der Waals surface area contributed by atoms with E-state index in [-0.39, 0.29) is 23.8 Å². The van der Waals surface area contributed by atoms with Crippen molar-refractivity contribution in [2.75, 3.05) is 19.7 Å². The number of nitrogens with one attached hydrogen (secondary N) is 1. The van der Waals surface area contributed by atoms with Gasteiger partial charge in [0.1, 0.15) is 12.4 Å². The molecule has 2 atom stereocenters. The summed E-state index contributed by atoms with van der Waals surface area (Å²) in [5, 5.41) is 2.88. The van der Waals surface area contributed by atoms with Gasteiger partial charge in [-0.25, -0.2) is 0 Å². The van der Waals surface area contributed by atoms with Gasteiger partial charge in [0.2, 0.25) is 11.8 Å². The van der Waals surface area contributed by atoms with Crippen molar-refractivity contribution in [1.82, 2.24) is 10.2 Å². The molecule has 0 aromatic heterocycles. The van der Waals surface area contributed by atoms with Crippen molar-refractivity contribution in [3.05, 3.63) is 65.7 Å². The summed E-state index contributed by atoms with van der Waals surface area (Å²) in [6, 6.07) is 17.4. The predicted molar refractivity (Wildman–Crippen MR) is 97.7 cm³/mol. The van der Waals surface area contributed by atoms with Gasteiger partial charge in [-0.1, -0.05) is 48.5 Å². The van der Waals surface area contributed by atoms with Crippen molar-refractivity contribution in [3.63, 3.8) is 0 Å². The zero-order valence-electron chi connectivity index (χ0n) is 14.6. The molecule has 2 aromatic carbocycles. The van der Waals surface area contributed by atoms with Crippen LogP contribution in [0.3, 0.4) is 0 Å². The molecule has 5 heteroatoms. The molecule has 0 radical (unpaired) electrons. The largest absolute Gasteiger partial charge is 0.492 e. The summed E-state index contributed by atoms with van der Waals surface area (Å²) in [5.74, 6) is 0.692. The molecule has 4 rings (SSSR count). The molecule has 2 amide bonds. The first kappa shape index (κ1) is 16.6. The predicted octanol–water partition coefficient (Wildman–Crippen LogP) is 2.33. The number of hydrogen-bond donors (Lipinski definition) is 1. The quantitative estimate of drug-likeness (QED) is 0.904. The van der Waals surface area contributed by atoms with Crippen molar-refractivity contribution in [2.24, 2.45) is 5.92 Å². The van der Waals surface area contributed by atoms with E-state index in [1.165, 1.54) is 0 Å². The Morgan fingerprint density at radius 1 is 1.04 bits per heavy atom. The van der Waals surface area contributed by atoms with Gasteiger partial charge in [-0.3, -0.25) is 9.59 Å². The molecule has 26 heavy (non-hydrogen) atoms. The minimum absolute atomic E-state index is 0.0145. The lowest BCUT2D eigenvalue weighted by molar-refractivity contribution is -0.139. The van der Waals surface area contributed by atoms with Crippen LogP contribution in [0.15, 0.2) is 54.6 Å². The van der Waals surface area contributed by atoms with E-state index in [9.17, 15) is 9.59 Å². The molecule has 0 spiro atoms. The third kappa shape index (κ3) is 3.29. The average Bonchev–Trinajstić information content (AvgIpc) is 2.89. The number of carbonyl (C=O) groups excluding carboxylic acids is 2. The second kappa shape index (κ2) is 7.20. The fourth-order valence-electron chi connectivity index (χ4n) is 3.79. The summed E-state index contributed by atoms with van der Waals surface area (Å²) >= 11 is 0. The topological polar surface area (TPSA) is 58.6 Å². The third-order valence-electron chi connectivity index (χ3n) is 5.13. The van der Waals surface area contributed by atoms with Crippen molar-refractivity contribution in [3.8, 4) is 5.75 Å². The Morgan fingerprint density at radius 2 is 1.81 bits per heavy atom. The fraction of sp³-hybridized carbons (Fsp3) is 0.333. The van der Waals surface area contributed by atoms with Crippen LogP contribution in [0.25, 0.3) is 0 Å². The van der Waals surface area contributed by atoms with Crippen LogP contribution < -0.4 is 10.1 Å². The first-order valence-electron chi connectivity index (χ1n) is 9.05. The Labute approximate surface area is 153 Å². The Hall–Kier alpha value is -2.82. The first-order chi connectivity index (χ1) is 12.7. The highest BCUT2D eigenvalue weighted by Gasteiger charge is 2.35. The number of para-hydroxylation sites is 1. The normalized spacial score (nSPS) is 22.6. The number of nitrogens with zero attached hydrogens (tertiary/aromatic N) is 1. The first-order valence-corrected chi connectivity index (χ1v) is 9.05. The van der Waals surface area contributed by atoms with Crippen LogP contribution in [0.2, 0.25) is 0 Å². The smallest absolute Gasteiger partial charge is 0.230 e. The number of rotatable bonds is 2. The van der Waals surface area contributed by atoms with E-state index in [4.69, 9.17) is 4.74 Å². The number of ether oxygens (including phenoxy) is 1. The lowest BCUT2D eigenvalue weighted by atomic mass is 9.93. The Bertz CT molecular complexity index is 806. The summed E-state index contributed by atoms with van der Waals surface area (Å²) in [5.41, 5.74) is 2.06. The van der Waals surface area contributed by atoms with Gasteiger partial charge in [-0.05, 0) is 23.6 Å². The Balaban J connectivity index is 1.59. The summed E-state index contributed by atoms with van der Waals surface area (Å²) in [6.45, 7) is 1.38. The molecule has 0 saturated carbocycles. The van der Waals surface area contributed by atoms with Gasteiger partial charge in [0.05, 0.1) is 18.4 Å².